The minimum atomic E-state index is 0.260. The average Bonchev–Trinajstić information content (AvgIpc) is 2.45. The Kier molecular flexibility index (Phi) is 1.54. The van der Waals surface area contributed by atoms with Crippen molar-refractivity contribution in [2.45, 2.75) is 25.3 Å². The van der Waals surface area contributed by atoms with Crippen LogP contribution in [0, 0.1) is 0 Å². The van der Waals surface area contributed by atoms with Gasteiger partial charge < -0.3 is 10.4 Å². The SMILES string of the molecule is CC1(NCCO)CC1. The third kappa shape index (κ3) is 1.46. The number of rotatable bonds is 3. The van der Waals surface area contributed by atoms with Crippen molar-refractivity contribution in [2.75, 3.05) is 13.2 Å². The van der Waals surface area contributed by atoms with Crippen molar-refractivity contribution in [3.05, 3.63) is 0 Å². The molecule has 0 unspecified atom stereocenters. The van der Waals surface area contributed by atoms with Crippen molar-refractivity contribution in [1.29, 1.82) is 0 Å². The third-order valence-electron chi connectivity index (χ3n) is 1.66. The molecule has 1 aliphatic rings. The highest BCUT2D eigenvalue weighted by molar-refractivity contribution is 4.96. The molecule has 8 heavy (non-hydrogen) atoms. The van der Waals surface area contributed by atoms with Crippen LogP contribution in [0.25, 0.3) is 0 Å². The maximum absolute atomic E-state index is 8.39. The molecular weight excluding hydrogens is 102 g/mol. The predicted molar refractivity (Wildman–Crippen MR) is 32.7 cm³/mol. The van der Waals surface area contributed by atoms with Crippen molar-refractivity contribution >= 4 is 0 Å². The largest absolute Gasteiger partial charge is 0.395 e. The van der Waals surface area contributed by atoms with Gasteiger partial charge in [-0.1, -0.05) is 0 Å². The predicted octanol–water partition coefficient (Wildman–Crippen LogP) is 0.121. The van der Waals surface area contributed by atoms with E-state index in [2.05, 4.69) is 12.2 Å². The first kappa shape index (κ1) is 6.05. The monoisotopic (exact) mass is 115 g/mol. The third-order valence-corrected chi connectivity index (χ3v) is 1.66. The van der Waals surface area contributed by atoms with E-state index in [1.807, 2.05) is 0 Å². The lowest BCUT2D eigenvalue weighted by Crippen LogP contribution is -2.30. The van der Waals surface area contributed by atoms with E-state index in [9.17, 15) is 0 Å². The second kappa shape index (κ2) is 2.03. The zero-order chi connectivity index (χ0) is 6.04. The molecule has 1 rings (SSSR count). The number of aliphatic hydroxyl groups excluding tert-OH is 1. The minimum Gasteiger partial charge on any atom is -0.395 e. The first-order valence-corrected chi connectivity index (χ1v) is 3.13. The van der Waals surface area contributed by atoms with Crippen molar-refractivity contribution < 1.29 is 5.11 Å². The second-order valence-corrected chi connectivity index (χ2v) is 2.71. The summed E-state index contributed by atoms with van der Waals surface area (Å²) in [6, 6.07) is 0. The zero-order valence-electron chi connectivity index (χ0n) is 5.28. The van der Waals surface area contributed by atoms with Crippen molar-refractivity contribution in [3.63, 3.8) is 0 Å². The zero-order valence-corrected chi connectivity index (χ0v) is 5.28. The molecule has 1 aliphatic carbocycles. The van der Waals surface area contributed by atoms with Gasteiger partial charge in [-0.15, -0.1) is 0 Å². The molecule has 0 amide bonds. The van der Waals surface area contributed by atoms with Crippen LogP contribution in [0.1, 0.15) is 19.8 Å². The summed E-state index contributed by atoms with van der Waals surface area (Å²) in [5.74, 6) is 0. The van der Waals surface area contributed by atoms with E-state index < -0.39 is 0 Å². The molecule has 48 valence electrons. The van der Waals surface area contributed by atoms with Crippen LogP contribution >= 0.6 is 0 Å². The van der Waals surface area contributed by atoms with Crippen molar-refractivity contribution in [3.8, 4) is 0 Å². The van der Waals surface area contributed by atoms with Crippen LogP contribution in [0.15, 0.2) is 0 Å². The molecule has 1 fully saturated rings. The summed E-state index contributed by atoms with van der Waals surface area (Å²) in [7, 11) is 0. The van der Waals surface area contributed by atoms with Crippen LogP contribution in [-0.4, -0.2) is 23.8 Å². The smallest absolute Gasteiger partial charge is 0.0556 e. The summed E-state index contributed by atoms with van der Waals surface area (Å²) in [5, 5.41) is 11.6. The molecule has 0 atom stereocenters. The van der Waals surface area contributed by atoms with Crippen molar-refractivity contribution in [2.24, 2.45) is 0 Å². The summed E-state index contributed by atoms with van der Waals surface area (Å²) in [4.78, 5) is 0. The standard InChI is InChI=1S/C6H13NO/c1-6(2-3-6)7-4-5-8/h7-8H,2-5H2,1H3. The highest BCUT2D eigenvalue weighted by Crippen LogP contribution is 2.33. The summed E-state index contributed by atoms with van der Waals surface area (Å²) >= 11 is 0. The van der Waals surface area contributed by atoms with Crippen LogP contribution in [0.2, 0.25) is 0 Å². The minimum absolute atomic E-state index is 0.260. The Bertz CT molecular complexity index is 78.6. The lowest BCUT2D eigenvalue weighted by Gasteiger charge is -2.07. The van der Waals surface area contributed by atoms with E-state index in [0.717, 1.165) is 6.54 Å². The highest BCUT2D eigenvalue weighted by atomic mass is 16.3. The van der Waals surface area contributed by atoms with E-state index in [-0.39, 0.29) is 6.61 Å². The molecular formula is C6H13NO. The van der Waals surface area contributed by atoms with Crippen LogP contribution < -0.4 is 5.32 Å². The van der Waals surface area contributed by atoms with E-state index in [1.54, 1.807) is 0 Å². The molecule has 0 aliphatic heterocycles. The molecule has 0 bridgehead atoms. The van der Waals surface area contributed by atoms with Gasteiger partial charge in [0, 0.05) is 12.1 Å². The first-order chi connectivity index (χ1) is 3.77. The molecule has 2 heteroatoms. The molecule has 0 radical (unpaired) electrons. The van der Waals surface area contributed by atoms with Gasteiger partial charge in [0.2, 0.25) is 0 Å². The number of β-amino-alcohol motifs (C(OH)–C–C–N with tert-alkyl or cyclic N) is 1. The maximum atomic E-state index is 8.39. The van der Waals surface area contributed by atoms with Gasteiger partial charge in [0.1, 0.15) is 0 Å². The summed E-state index contributed by atoms with van der Waals surface area (Å²) in [6.07, 6.45) is 2.54. The molecule has 2 N–H and O–H groups in total. The molecule has 2 nitrogen and oxygen atoms in total. The molecule has 0 spiro atoms. The lowest BCUT2D eigenvalue weighted by atomic mass is 10.3. The highest BCUT2D eigenvalue weighted by Gasteiger charge is 2.35. The second-order valence-electron chi connectivity index (χ2n) is 2.71. The summed E-state index contributed by atoms with van der Waals surface area (Å²) in [6.45, 7) is 3.19. The fourth-order valence-corrected chi connectivity index (χ4v) is 0.722. The number of hydrogen-bond acceptors (Lipinski definition) is 2. The Hall–Kier alpha value is -0.0800. The summed E-state index contributed by atoms with van der Waals surface area (Å²) in [5.41, 5.74) is 0.392. The fourth-order valence-electron chi connectivity index (χ4n) is 0.722. The number of nitrogens with one attached hydrogen (secondary N) is 1. The van der Waals surface area contributed by atoms with Gasteiger partial charge in [-0.2, -0.15) is 0 Å². The van der Waals surface area contributed by atoms with E-state index >= 15 is 0 Å². The van der Waals surface area contributed by atoms with Gasteiger partial charge >= 0.3 is 0 Å². The Morgan fingerprint density at radius 3 is 2.62 bits per heavy atom. The Labute approximate surface area is 49.9 Å². The van der Waals surface area contributed by atoms with Gasteiger partial charge in [-0.25, -0.2) is 0 Å². The molecule has 0 aromatic carbocycles. The summed E-state index contributed by atoms with van der Waals surface area (Å²) < 4.78 is 0. The van der Waals surface area contributed by atoms with Gasteiger partial charge in [0.05, 0.1) is 6.61 Å². The van der Waals surface area contributed by atoms with Crippen LogP contribution in [0.5, 0.6) is 0 Å². The maximum Gasteiger partial charge on any atom is 0.0556 e. The molecule has 0 heterocycles. The van der Waals surface area contributed by atoms with E-state index in [0.29, 0.717) is 5.54 Å². The molecule has 1 saturated carbocycles. The quantitative estimate of drug-likeness (QED) is 0.547. The van der Waals surface area contributed by atoms with Crippen LogP contribution in [-0.2, 0) is 0 Å². The van der Waals surface area contributed by atoms with Gasteiger partial charge in [0.15, 0.2) is 0 Å². The van der Waals surface area contributed by atoms with Gasteiger partial charge in [-0.3, -0.25) is 0 Å². The lowest BCUT2D eigenvalue weighted by molar-refractivity contribution is 0.283. The normalized spacial score (nSPS) is 23.2. The number of hydrogen-bond donors (Lipinski definition) is 2. The topological polar surface area (TPSA) is 32.3 Å². The van der Waals surface area contributed by atoms with E-state index in [4.69, 9.17) is 5.11 Å². The Balaban J connectivity index is 2.01. The van der Waals surface area contributed by atoms with E-state index in [1.165, 1.54) is 12.8 Å². The Morgan fingerprint density at radius 2 is 2.25 bits per heavy atom. The molecule has 0 saturated heterocycles. The average molecular weight is 115 g/mol. The molecule has 0 aromatic rings. The fraction of sp³-hybridized carbons (Fsp3) is 1.00. The van der Waals surface area contributed by atoms with Gasteiger partial charge in [-0.05, 0) is 19.8 Å². The van der Waals surface area contributed by atoms with Crippen molar-refractivity contribution in [1.82, 2.24) is 5.32 Å². The van der Waals surface area contributed by atoms with Crippen LogP contribution in [0.3, 0.4) is 0 Å². The Morgan fingerprint density at radius 1 is 1.62 bits per heavy atom. The molecule has 0 aromatic heterocycles. The van der Waals surface area contributed by atoms with Crippen LogP contribution in [0.4, 0.5) is 0 Å². The number of aliphatic hydroxyl groups is 1. The first-order valence-electron chi connectivity index (χ1n) is 3.13. The van der Waals surface area contributed by atoms with Gasteiger partial charge in [0.25, 0.3) is 0 Å².